The molecule has 10 heteroatoms. The van der Waals surface area contributed by atoms with Crippen molar-refractivity contribution in [2.24, 2.45) is 0 Å². The number of halogens is 3. The Kier molecular flexibility index (Phi) is 6.61. The van der Waals surface area contributed by atoms with Crippen molar-refractivity contribution in [1.29, 1.82) is 0 Å². The van der Waals surface area contributed by atoms with Crippen LogP contribution >= 0.6 is 0 Å². The maximum Gasteiger partial charge on any atom is 0.471 e. The highest BCUT2D eigenvalue weighted by atomic mass is 19.4. The minimum atomic E-state index is -5.05. The fourth-order valence-electron chi connectivity index (χ4n) is 3.81. The maximum atomic E-state index is 13.3. The van der Waals surface area contributed by atoms with E-state index in [1.165, 1.54) is 25.4 Å². The standard InChI is InChI=1S/C26H20F3N3O4/c1-15-12-16(10-11-21(15)36-2)23(33)19-14-32(20-8-4-3-7-18(20)24(19)34)13-17-6-5-9-22(30-17)31-25(35)26(27,28)29/h3-12,14H,13H2,1-2H3,(H,30,31,35). The summed E-state index contributed by atoms with van der Waals surface area (Å²) in [6.07, 6.45) is -3.64. The molecule has 0 atom stereocenters. The first-order chi connectivity index (χ1) is 17.1. The highest BCUT2D eigenvalue weighted by Gasteiger charge is 2.38. The largest absolute Gasteiger partial charge is 0.496 e. The average Bonchev–Trinajstić information content (AvgIpc) is 2.85. The number of ether oxygens (including phenoxy) is 1. The van der Waals surface area contributed by atoms with Crippen molar-refractivity contribution in [2.75, 3.05) is 12.4 Å². The first kappa shape index (κ1) is 24.6. The molecule has 7 nitrogen and oxygen atoms in total. The highest BCUT2D eigenvalue weighted by molar-refractivity contribution is 6.10. The number of rotatable bonds is 6. The SMILES string of the molecule is COc1ccc(C(=O)c2cn(Cc3cccc(NC(=O)C(F)(F)F)n3)c3ccccc3c2=O)cc1C. The number of amides is 1. The van der Waals surface area contributed by atoms with Gasteiger partial charge in [0, 0.05) is 17.1 Å². The van der Waals surface area contributed by atoms with Crippen molar-refractivity contribution in [3.05, 3.63) is 99.5 Å². The zero-order valence-corrected chi connectivity index (χ0v) is 19.2. The number of aromatic nitrogens is 2. The Hall–Kier alpha value is -4.47. The van der Waals surface area contributed by atoms with Gasteiger partial charge in [-0.3, -0.25) is 14.4 Å². The van der Waals surface area contributed by atoms with Crippen LogP contribution in [0.1, 0.15) is 27.2 Å². The van der Waals surface area contributed by atoms with Gasteiger partial charge in [-0.1, -0.05) is 18.2 Å². The number of benzene rings is 2. The second-order valence-electron chi connectivity index (χ2n) is 8.00. The second-order valence-corrected chi connectivity index (χ2v) is 8.00. The summed E-state index contributed by atoms with van der Waals surface area (Å²) in [4.78, 5) is 41.9. The van der Waals surface area contributed by atoms with E-state index in [4.69, 9.17) is 4.74 Å². The number of alkyl halides is 3. The molecular formula is C26H20F3N3O4. The number of para-hydroxylation sites is 1. The van der Waals surface area contributed by atoms with E-state index in [-0.39, 0.29) is 17.9 Å². The number of hydrogen-bond acceptors (Lipinski definition) is 5. The molecule has 2 aromatic heterocycles. The summed E-state index contributed by atoms with van der Waals surface area (Å²) >= 11 is 0. The molecule has 0 fully saturated rings. The Balaban J connectivity index is 1.75. The van der Waals surface area contributed by atoms with Crippen molar-refractivity contribution in [1.82, 2.24) is 9.55 Å². The van der Waals surface area contributed by atoms with Crippen molar-refractivity contribution in [3.63, 3.8) is 0 Å². The number of ketones is 1. The van der Waals surface area contributed by atoms with E-state index in [1.54, 1.807) is 65.3 Å². The summed E-state index contributed by atoms with van der Waals surface area (Å²) in [5.74, 6) is -2.29. The molecule has 36 heavy (non-hydrogen) atoms. The summed E-state index contributed by atoms with van der Waals surface area (Å²) in [7, 11) is 1.52. The number of carbonyl (C=O) groups is 2. The molecule has 4 aromatic rings. The van der Waals surface area contributed by atoms with Gasteiger partial charge in [0.25, 0.3) is 0 Å². The minimum Gasteiger partial charge on any atom is -0.496 e. The van der Waals surface area contributed by atoms with Crippen LogP contribution in [0.3, 0.4) is 0 Å². The predicted octanol–water partition coefficient (Wildman–Crippen LogP) is 4.49. The van der Waals surface area contributed by atoms with E-state index >= 15 is 0 Å². The first-order valence-electron chi connectivity index (χ1n) is 10.7. The molecule has 0 aliphatic carbocycles. The quantitative estimate of drug-likeness (QED) is 0.398. The third kappa shape index (κ3) is 4.97. The number of pyridine rings is 2. The minimum absolute atomic E-state index is 0.0262. The van der Waals surface area contributed by atoms with E-state index in [0.717, 1.165) is 5.56 Å². The Morgan fingerprint density at radius 3 is 2.50 bits per heavy atom. The second kappa shape index (κ2) is 9.65. The third-order valence-corrected chi connectivity index (χ3v) is 5.53. The molecule has 1 N–H and O–H groups in total. The van der Waals surface area contributed by atoms with Gasteiger partial charge >= 0.3 is 12.1 Å². The predicted molar refractivity (Wildman–Crippen MR) is 127 cm³/mol. The zero-order chi connectivity index (χ0) is 26.0. The molecule has 0 aliphatic heterocycles. The van der Waals surface area contributed by atoms with Gasteiger partial charge in [-0.15, -0.1) is 0 Å². The molecule has 2 aromatic carbocycles. The molecule has 0 aliphatic rings. The molecule has 0 unspecified atom stereocenters. The van der Waals surface area contributed by atoms with Gasteiger partial charge in [0.05, 0.1) is 30.4 Å². The van der Waals surface area contributed by atoms with Gasteiger partial charge in [0.1, 0.15) is 11.6 Å². The molecule has 2 heterocycles. The maximum absolute atomic E-state index is 13.3. The summed E-state index contributed by atoms with van der Waals surface area (Å²) in [5, 5.41) is 2.02. The molecular weight excluding hydrogens is 475 g/mol. The van der Waals surface area contributed by atoms with Crippen LogP contribution in [0.2, 0.25) is 0 Å². The number of carbonyl (C=O) groups excluding carboxylic acids is 2. The van der Waals surface area contributed by atoms with E-state index < -0.39 is 23.3 Å². The number of nitrogens with one attached hydrogen (secondary N) is 1. The van der Waals surface area contributed by atoms with Crippen LogP contribution in [0.5, 0.6) is 5.75 Å². The summed E-state index contributed by atoms with van der Waals surface area (Å²) in [6.45, 7) is 1.81. The number of anilines is 1. The summed E-state index contributed by atoms with van der Waals surface area (Å²) < 4.78 is 44.7. The van der Waals surface area contributed by atoms with Crippen LogP contribution in [0.25, 0.3) is 10.9 Å². The molecule has 1 amide bonds. The Labute approximate surface area is 203 Å². The fourth-order valence-corrected chi connectivity index (χ4v) is 3.81. The lowest BCUT2D eigenvalue weighted by Crippen LogP contribution is -2.30. The molecule has 0 radical (unpaired) electrons. The van der Waals surface area contributed by atoms with Crippen LogP contribution in [0, 0.1) is 6.92 Å². The lowest BCUT2D eigenvalue weighted by atomic mass is 10.0. The number of methoxy groups -OCH3 is 1. The van der Waals surface area contributed by atoms with Crippen LogP contribution in [0.4, 0.5) is 19.0 Å². The smallest absolute Gasteiger partial charge is 0.471 e. The van der Waals surface area contributed by atoms with Crippen molar-refractivity contribution >= 4 is 28.4 Å². The lowest BCUT2D eigenvalue weighted by Gasteiger charge is -2.14. The van der Waals surface area contributed by atoms with Gasteiger partial charge < -0.3 is 14.6 Å². The topological polar surface area (TPSA) is 90.3 Å². The average molecular weight is 495 g/mol. The molecule has 4 rings (SSSR count). The molecule has 0 saturated heterocycles. The third-order valence-electron chi connectivity index (χ3n) is 5.53. The Morgan fingerprint density at radius 2 is 1.81 bits per heavy atom. The van der Waals surface area contributed by atoms with E-state index in [1.807, 2.05) is 0 Å². The van der Waals surface area contributed by atoms with Gasteiger partial charge in [0.2, 0.25) is 5.43 Å². The first-order valence-corrected chi connectivity index (χ1v) is 10.7. The summed E-state index contributed by atoms with van der Waals surface area (Å²) in [5.41, 5.74) is 1.34. The van der Waals surface area contributed by atoms with Crippen molar-refractivity contribution in [3.8, 4) is 5.75 Å². The fraction of sp³-hybridized carbons (Fsp3) is 0.154. The number of fused-ring (bicyclic) bond motifs is 1. The number of hydrogen-bond donors (Lipinski definition) is 1. The van der Waals surface area contributed by atoms with Gasteiger partial charge in [-0.25, -0.2) is 4.98 Å². The zero-order valence-electron chi connectivity index (χ0n) is 19.2. The van der Waals surface area contributed by atoms with E-state index in [0.29, 0.717) is 27.9 Å². The van der Waals surface area contributed by atoms with Gasteiger partial charge in [-0.05, 0) is 55.0 Å². The Bertz CT molecular complexity index is 1540. The number of nitrogens with zero attached hydrogens (tertiary/aromatic N) is 2. The van der Waals surface area contributed by atoms with Crippen LogP contribution in [-0.2, 0) is 11.3 Å². The van der Waals surface area contributed by atoms with Crippen LogP contribution < -0.4 is 15.5 Å². The Morgan fingerprint density at radius 1 is 1.06 bits per heavy atom. The highest BCUT2D eigenvalue weighted by Crippen LogP contribution is 2.22. The van der Waals surface area contributed by atoms with Gasteiger partial charge in [-0.2, -0.15) is 13.2 Å². The monoisotopic (exact) mass is 495 g/mol. The number of aryl methyl sites for hydroxylation is 1. The lowest BCUT2D eigenvalue weighted by molar-refractivity contribution is -0.167. The molecule has 0 saturated carbocycles. The van der Waals surface area contributed by atoms with E-state index in [2.05, 4.69) is 4.98 Å². The van der Waals surface area contributed by atoms with Crippen molar-refractivity contribution < 1.29 is 27.5 Å². The van der Waals surface area contributed by atoms with E-state index in [9.17, 15) is 27.6 Å². The molecule has 0 spiro atoms. The summed E-state index contributed by atoms with van der Waals surface area (Å²) in [6, 6.07) is 15.8. The molecule has 0 bridgehead atoms. The normalized spacial score (nSPS) is 11.4. The van der Waals surface area contributed by atoms with Crippen molar-refractivity contribution in [2.45, 2.75) is 19.6 Å². The van der Waals surface area contributed by atoms with Gasteiger partial charge in [0.15, 0.2) is 5.78 Å². The molecule has 184 valence electrons. The van der Waals surface area contributed by atoms with Crippen LogP contribution in [0.15, 0.2) is 71.7 Å². The van der Waals surface area contributed by atoms with Crippen LogP contribution in [-0.4, -0.2) is 34.5 Å².